The molecular formula is C24H27NO6. The number of rotatable bonds is 11. The molecule has 0 bridgehead atoms. The second-order valence-electron chi connectivity index (χ2n) is 7.40. The van der Waals surface area contributed by atoms with Crippen molar-refractivity contribution in [3.63, 3.8) is 0 Å². The summed E-state index contributed by atoms with van der Waals surface area (Å²) in [6, 6.07) is 12.8. The van der Waals surface area contributed by atoms with Crippen LogP contribution in [-0.2, 0) is 14.3 Å². The second kappa shape index (κ2) is 11.6. The highest BCUT2D eigenvalue weighted by molar-refractivity contribution is 5.99. The van der Waals surface area contributed by atoms with Crippen molar-refractivity contribution in [2.75, 3.05) is 18.5 Å². The molecule has 0 aromatic heterocycles. The van der Waals surface area contributed by atoms with Crippen molar-refractivity contribution < 1.29 is 28.7 Å². The largest absolute Gasteiger partial charge is 0.482 e. The van der Waals surface area contributed by atoms with Gasteiger partial charge in [-0.3, -0.25) is 14.4 Å². The first kappa shape index (κ1) is 23.8. The van der Waals surface area contributed by atoms with Crippen molar-refractivity contribution in [1.29, 1.82) is 0 Å². The zero-order valence-corrected chi connectivity index (χ0v) is 18.0. The number of ether oxygens (including phenoxy) is 2. The Kier molecular flexibility index (Phi) is 8.94. The van der Waals surface area contributed by atoms with Gasteiger partial charge in [-0.2, -0.15) is 0 Å². The van der Waals surface area contributed by atoms with Crippen LogP contribution in [-0.4, -0.2) is 36.7 Å². The van der Waals surface area contributed by atoms with E-state index in [9.17, 15) is 19.2 Å². The molecule has 0 radical (unpaired) electrons. The molecular weight excluding hydrogens is 398 g/mol. The first-order chi connectivity index (χ1) is 14.8. The maximum atomic E-state index is 12.2. The van der Waals surface area contributed by atoms with Crippen molar-refractivity contribution in [1.82, 2.24) is 0 Å². The van der Waals surface area contributed by atoms with Gasteiger partial charge in [-0.1, -0.05) is 20.8 Å². The van der Waals surface area contributed by atoms with E-state index in [1.165, 1.54) is 0 Å². The Balaban J connectivity index is 1.76. The van der Waals surface area contributed by atoms with E-state index in [2.05, 4.69) is 5.32 Å². The van der Waals surface area contributed by atoms with Gasteiger partial charge < -0.3 is 14.8 Å². The summed E-state index contributed by atoms with van der Waals surface area (Å²) in [5, 5.41) is 2.76. The number of benzene rings is 2. The van der Waals surface area contributed by atoms with E-state index >= 15 is 0 Å². The third-order valence-corrected chi connectivity index (χ3v) is 4.30. The number of carbonyl (C=O) groups is 4. The number of esters is 1. The predicted octanol–water partition coefficient (Wildman–Crippen LogP) is 4.07. The van der Waals surface area contributed by atoms with Crippen LogP contribution < -0.4 is 10.1 Å². The minimum absolute atomic E-state index is 0.0236. The summed E-state index contributed by atoms with van der Waals surface area (Å²) in [4.78, 5) is 47.4. The summed E-state index contributed by atoms with van der Waals surface area (Å²) in [6.07, 6.45) is 0.829. The molecule has 0 spiro atoms. The van der Waals surface area contributed by atoms with Gasteiger partial charge in [0.25, 0.3) is 0 Å². The lowest BCUT2D eigenvalue weighted by Crippen LogP contribution is -2.19. The highest BCUT2D eigenvalue weighted by Crippen LogP contribution is 2.14. The van der Waals surface area contributed by atoms with Gasteiger partial charge in [0.1, 0.15) is 5.75 Å². The molecule has 0 saturated heterocycles. The van der Waals surface area contributed by atoms with Crippen molar-refractivity contribution in [2.24, 2.45) is 5.92 Å². The minimum atomic E-state index is -0.681. The quantitative estimate of drug-likeness (QED) is 0.430. The molecule has 1 N–H and O–H groups in total. The number of anilines is 1. The Morgan fingerprint density at radius 3 is 2.00 bits per heavy atom. The standard InChI is InChI=1S/C24H27NO6/c1-4-21(26)17-7-11-20(12-8-17)30-15-24(29)31-14-22(27)18-5-9-19(10-6-18)25-23(28)13-16(2)3/h5-12,16H,4,13-15H2,1-3H3,(H,25,28). The van der Waals surface area contributed by atoms with Gasteiger partial charge in [0.15, 0.2) is 24.8 Å². The van der Waals surface area contributed by atoms with Crippen LogP contribution >= 0.6 is 0 Å². The van der Waals surface area contributed by atoms with Crippen LogP contribution in [0.1, 0.15) is 54.3 Å². The zero-order valence-electron chi connectivity index (χ0n) is 18.0. The molecule has 0 saturated carbocycles. The molecule has 0 heterocycles. The lowest BCUT2D eigenvalue weighted by molar-refractivity contribution is -0.144. The second-order valence-corrected chi connectivity index (χ2v) is 7.40. The van der Waals surface area contributed by atoms with Crippen LogP contribution in [0, 0.1) is 5.92 Å². The Morgan fingerprint density at radius 2 is 1.42 bits per heavy atom. The molecule has 164 valence electrons. The van der Waals surface area contributed by atoms with Crippen LogP contribution in [0.2, 0.25) is 0 Å². The van der Waals surface area contributed by atoms with E-state index in [4.69, 9.17) is 9.47 Å². The average molecular weight is 425 g/mol. The first-order valence-corrected chi connectivity index (χ1v) is 10.1. The molecule has 0 aliphatic rings. The Labute approximate surface area is 181 Å². The summed E-state index contributed by atoms with van der Waals surface area (Å²) in [5.74, 6) is -0.435. The summed E-state index contributed by atoms with van der Waals surface area (Å²) < 4.78 is 10.3. The van der Waals surface area contributed by atoms with Crippen LogP contribution in [0.5, 0.6) is 5.75 Å². The lowest BCUT2D eigenvalue weighted by Gasteiger charge is -2.09. The van der Waals surface area contributed by atoms with Crippen molar-refractivity contribution in [2.45, 2.75) is 33.6 Å². The number of ketones is 2. The van der Waals surface area contributed by atoms with E-state index in [0.717, 1.165) is 0 Å². The van der Waals surface area contributed by atoms with Gasteiger partial charge in [0, 0.05) is 29.7 Å². The summed E-state index contributed by atoms with van der Waals surface area (Å²) in [7, 11) is 0. The van der Waals surface area contributed by atoms with Crippen molar-refractivity contribution >= 4 is 29.1 Å². The number of Topliss-reactive ketones (excluding diaryl/α,β-unsaturated/α-hetero) is 2. The molecule has 31 heavy (non-hydrogen) atoms. The number of amides is 1. The highest BCUT2D eigenvalue weighted by atomic mass is 16.6. The van der Waals surface area contributed by atoms with Crippen LogP contribution in [0.25, 0.3) is 0 Å². The fourth-order valence-corrected chi connectivity index (χ4v) is 2.68. The fourth-order valence-electron chi connectivity index (χ4n) is 2.68. The van der Waals surface area contributed by atoms with Gasteiger partial charge in [0.05, 0.1) is 0 Å². The third kappa shape index (κ3) is 8.04. The van der Waals surface area contributed by atoms with Crippen LogP contribution in [0.3, 0.4) is 0 Å². The first-order valence-electron chi connectivity index (χ1n) is 10.1. The normalized spacial score (nSPS) is 10.5. The van der Waals surface area contributed by atoms with E-state index < -0.39 is 12.6 Å². The zero-order chi connectivity index (χ0) is 22.8. The van der Waals surface area contributed by atoms with E-state index in [1.807, 2.05) is 13.8 Å². The molecule has 0 unspecified atom stereocenters. The molecule has 2 rings (SSSR count). The topological polar surface area (TPSA) is 98.8 Å². The van der Waals surface area contributed by atoms with Crippen LogP contribution in [0.15, 0.2) is 48.5 Å². The minimum Gasteiger partial charge on any atom is -0.482 e. The predicted molar refractivity (Wildman–Crippen MR) is 116 cm³/mol. The Bertz CT molecular complexity index is 916. The third-order valence-electron chi connectivity index (χ3n) is 4.30. The highest BCUT2D eigenvalue weighted by Gasteiger charge is 2.12. The van der Waals surface area contributed by atoms with Gasteiger partial charge >= 0.3 is 5.97 Å². The number of hydrogen-bond donors (Lipinski definition) is 1. The lowest BCUT2D eigenvalue weighted by atomic mass is 10.1. The molecule has 0 fully saturated rings. The fraction of sp³-hybridized carbons (Fsp3) is 0.333. The molecule has 2 aromatic carbocycles. The average Bonchev–Trinajstić information content (AvgIpc) is 2.75. The van der Waals surface area contributed by atoms with Gasteiger partial charge in [-0.15, -0.1) is 0 Å². The smallest absolute Gasteiger partial charge is 0.344 e. The van der Waals surface area contributed by atoms with Gasteiger partial charge in [-0.05, 0) is 54.4 Å². The summed E-state index contributed by atoms with van der Waals surface area (Å²) in [6.45, 7) is 4.93. The maximum Gasteiger partial charge on any atom is 0.344 e. The molecule has 0 atom stereocenters. The Morgan fingerprint density at radius 1 is 0.839 bits per heavy atom. The molecule has 0 aliphatic heterocycles. The molecule has 1 amide bonds. The van der Waals surface area contributed by atoms with Crippen LogP contribution in [0.4, 0.5) is 5.69 Å². The van der Waals surface area contributed by atoms with Crippen molar-refractivity contribution in [3.05, 3.63) is 59.7 Å². The molecule has 0 aliphatic carbocycles. The monoisotopic (exact) mass is 425 g/mol. The van der Waals surface area contributed by atoms with Gasteiger partial charge in [-0.25, -0.2) is 4.79 Å². The maximum absolute atomic E-state index is 12.2. The SMILES string of the molecule is CCC(=O)c1ccc(OCC(=O)OCC(=O)c2ccc(NC(=O)CC(C)C)cc2)cc1. The van der Waals surface area contributed by atoms with Crippen molar-refractivity contribution in [3.8, 4) is 5.75 Å². The van der Waals surface area contributed by atoms with Gasteiger partial charge in [0.2, 0.25) is 5.91 Å². The Hall–Kier alpha value is -3.48. The summed E-state index contributed by atoms with van der Waals surface area (Å²) in [5.41, 5.74) is 1.54. The molecule has 2 aromatic rings. The molecule has 7 nitrogen and oxygen atoms in total. The van der Waals surface area contributed by atoms with E-state index in [1.54, 1.807) is 55.5 Å². The van der Waals surface area contributed by atoms with E-state index in [0.29, 0.717) is 35.4 Å². The number of nitrogens with one attached hydrogen (secondary N) is 1. The summed E-state index contributed by atoms with van der Waals surface area (Å²) >= 11 is 0. The van der Waals surface area contributed by atoms with E-state index in [-0.39, 0.29) is 30.0 Å². The molecule has 7 heteroatoms. The number of carbonyl (C=O) groups excluding carboxylic acids is 4. The number of hydrogen-bond acceptors (Lipinski definition) is 6.